The summed E-state index contributed by atoms with van der Waals surface area (Å²) >= 11 is 0. The van der Waals surface area contributed by atoms with Crippen LogP contribution in [0, 0.1) is 17.8 Å². The molecule has 1 aromatic carbocycles. The van der Waals surface area contributed by atoms with Gasteiger partial charge in [0.05, 0.1) is 6.10 Å². The third kappa shape index (κ3) is 4.58. The molecule has 6 rings (SSSR count). The smallest absolute Gasteiger partial charge is 0.332 e. The summed E-state index contributed by atoms with van der Waals surface area (Å²) in [6, 6.07) is 8.48. The van der Waals surface area contributed by atoms with Crippen molar-refractivity contribution in [3.05, 3.63) is 42.1 Å². The Morgan fingerprint density at radius 2 is 2.00 bits per heavy atom. The normalized spacial score (nSPS) is 24.6. The fourth-order valence-electron chi connectivity index (χ4n) is 5.14. The predicted octanol–water partition coefficient (Wildman–Crippen LogP) is 3.43. The molecule has 3 aliphatic rings. The fraction of sp³-hybridized carbons (Fsp3) is 0.458. The Bertz CT molecular complexity index is 1200. The zero-order valence-electron chi connectivity index (χ0n) is 18.7. The van der Waals surface area contributed by atoms with E-state index in [9.17, 15) is 9.59 Å². The zero-order chi connectivity index (χ0) is 23.7. The van der Waals surface area contributed by atoms with Crippen molar-refractivity contribution < 1.29 is 28.8 Å². The number of benzene rings is 1. The molecule has 2 N–H and O–H groups in total. The standard InChI is InChI=1S/C24H26N4O6/c1-13(24(30)31)32-21-10-14-4-5-15(21)9-16(14)12-26-22(29)18-3-2-8-25-23(18)33-17-6-7-19-20(11-17)28-34-27-19/h2-3,6-8,11,13-16,21H,4-5,9-10,12H2,1H3,(H,26,29)(H,30,31). The number of pyridine rings is 1. The molecule has 10 nitrogen and oxygen atoms in total. The van der Waals surface area contributed by atoms with Crippen LogP contribution in [-0.4, -0.2) is 51.0 Å². The van der Waals surface area contributed by atoms with Crippen LogP contribution in [0.15, 0.2) is 41.2 Å². The van der Waals surface area contributed by atoms with Gasteiger partial charge in [0.2, 0.25) is 5.88 Å². The Labute approximate surface area is 195 Å². The Hall–Kier alpha value is -3.53. The SMILES string of the molecule is CC(OC1CC2CCC1CC2CNC(=O)c1cccnc1Oc1ccc2nonc2c1)C(=O)O. The Morgan fingerprint density at radius 1 is 1.18 bits per heavy atom. The van der Waals surface area contributed by atoms with Gasteiger partial charge in [0.1, 0.15) is 22.3 Å². The second-order valence-electron chi connectivity index (χ2n) is 9.07. The number of carbonyl (C=O) groups is 2. The number of hydrogen-bond donors (Lipinski definition) is 2. The lowest BCUT2D eigenvalue weighted by molar-refractivity contribution is -0.162. The van der Waals surface area contributed by atoms with E-state index in [4.69, 9.17) is 19.2 Å². The Kier molecular flexibility index (Phi) is 6.14. The highest BCUT2D eigenvalue weighted by Crippen LogP contribution is 2.46. The second-order valence-corrected chi connectivity index (χ2v) is 9.07. The summed E-state index contributed by atoms with van der Waals surface area (Å²) in [6.07, 6.45) is 4.62. The molecule has 34 heavy (non-hydrogen) atoms. The van der Waals surface area contributed by atoms with Gasteiger partial charge in [-0.25, -0.2) is 14.4 Å². The number of nitrogens with zero attached hydrogens (tertiary/aromatic N) is 3. The van der Waals surface area contributed by atoms with E-state index in [1.54, 1.807) is 43.5 Å². The molecular weight excluding hydrogens is 440 g/mol. The third-order valence-corrected chi connectivity index (χ3v) is 6.95. The molecule has 0 radical (unpaired) electrons. The van der Waals surface area contributed by atoms with E-state index in [2.05, 4.69) is 20.6 Å². The molecule has 0 saturated heterocycles. The van der Waals surface area contributed by atoms with Crippen molar-refractivity contribution in [2.24, 2.45) is 17.8 Å². The summed E-state index contributed by atoms with van der Waals surface area (Å²) in [5, 5.41) is 19.8. The van der Waals surface area contributed by atoms with Gasteiger partial charge in [-0.2, -0.15) is 0 Å². The molecule has 0 aliphatic heterocycles. The van der Waals surface area contributed by atoms with Crippen molar-refractivity contribution in [2.45, 2.75) is 44.8 Å². The second kappa shape index (κ2) is 9.38. The molecule has 2 heterocycles. The van der Waals surface area contributed by atoms with Crippen LogP contribution in [0.2, 0.25) is 0 Å². The Balaban J connectivity index is 1.21. The van der Waals surface area contributed by atoms with Gasteiger partial charge in [0.25, 0.3) is 5.91 Å². The van der Waals surface area contributed by atoms with Gasteiger partial charge >= 0.3 is 5.97 Å². The zero-order valence-corrected chi connectivity index (χ0v) is 18.7. The van der Waals surface area contributed by atoms with Gasteiger partial charge in [-0.3, -0.25) is 4.79 Å². The number of carbonyl (C=O) groups excluding carboxylic acids is 1. The van der Waals surface area contributed by atoms with Crippen LogP contribution in [0.4, 0.5) is 0 Å². The number of rotatable bonds is 8. The van der Waals surface area contributed by atoms with Crippen LogP contribution >= 0.6 is 0 Å². The van der Waals surface area contributed by atoms with Crippen molar-refractivity contribution in [3.63, 3.8) is 0 Å². The predicted molar refractivity (Wildman–Crippen MR) is 119 cm³/mol. The maximum Gasteiger partial charge on any atom is 0.332 e. The fourth-order valence-corrected chi connectivity index (χ4v) is 5.14. The quantitative estimate of drug-likeness (QED) is 0.511. The van der Waals surface area contributed by atoms with E-state index in [0.717, 1.165) is 25.7 Å². The highest BCUT2D eigenvalue weighted by Gasteiger charge is 2.43. The summed E-state index contributed by atoms with van der Waals surface area (Å²) in [4.78, 5) is 28.4. The van der Waals surface area contributed by atoms with E-state index in [0.29, 0.717) is 46.6 Å². The molecule has 2 bridgehead atoms. The number of hydrogen-bond acceptors (Lipinski definition) is 8. The van der Waals surface area contributed by atoms with Gasteiger partial charge in [-0.15, -0.1) is 0 Å². The summed E-state index contributed by atoms with van der Waals surface area (Å²) < 4.78 is 16.4. The summed E-state index contributed by atoms with van der Waals surface area (Å²) in [5.74, 6) is 0.569. The molecule has 1 amide bonds. The van der Waals surface area contributed by atoms with Crippen molar-refractivity contribution in [1.29, 1.82) is 0 Å². The molecule has 0 spiro atoms. The molecule has 3 fully saturated rings. The van der Waals surface area contributed by atoms with E-state index in [-0.39, 0.29) is 17.9 Å². The first-order chi connectivity index (χ1) is 16.5. The van der Waals surface area contributed by atoms with Crippen LogP contribution in [0.5, 0.6) is 11.6 Å². The molecule has 2 aromatic heterocycles. The molecule has 5 atom stereocenters. The lowest BCUT2D eigenvalue weighted by Gasteiger charge is -2.47. The molecule has 5 unspecified atom stereocenters. The lowest BCUT2D eigenvalue weighted by Crippen LogP contribution is -2.47. The van der Waals surface area contributed by atoms with E-state index in [1.807, 2.05) is 0 Å². The summed E-state index contributed by atoms with van der Waals surface area (Å²) in [5.41, 5.74) is 1.50. The van der Waals surface area contributed by atoms with Crippen LogP contribution < -0.4 is 10.1 Å². The minimum Gasteiger partial charge on any atom is -0.479 e. The average molecular weight is 466 g/mol. The van der Waals surface area contributed by atoms with Gasteiger partial charge in [-0.1, -0.05) is 0 Å². The Morgan fingerprint density at radius 3 is 2.79 bits per heavy atom. The number of amides is 1. The third-order valence-electron chi connectivity index (χ3n) is 6.95. The highest BCUT2D eigenvalue weighted by molar-refractivity contribution is 5.96. The summed E-state index contributed by atoms with van der Waals surface area (Å²) in [7, 11) is 0. The number of aliphatic carboxylic acids is 1. The number of aromatic nitrogens is 3. The average Bonchev–Trinajstić information content (AvgIpc) is 3.31. The van der Waals surface area contributed by atoms with Crippen molar-refractivity contribution in [2.75, 3.05) is 6.54 Å². The minimum atomic E-state index is -0.933. The largest absolute Gasteiger partial charge is 0.479 e. The summed E-state index contributed by atoms with van der Waals surface area (Å²) in [6.45, 7) is 2.13. The van der Waals surface area contributed by atoms with Crippen LogP contribution in [0.1, 0.15) is 43.0 Å². The number of fused-ring (bicyclic) bond motifs is 4. The van der Waals surface area contributed by atoms with E-state index >= 15 is 0 Å². The molecule has 178 valence electrons. The van der Waals surface area contributed by atoms with Crippen LogP contribution in [-0.2, 0) is 9.53 Å². The van der Waals surface area contributed by atoms with E-state index < -0.39 is 12.1 Å². The monoisotopic (exact) mass is 466 g/mol. The van der Waals surface area contributed by atoms with E-state index in [1.165, 1.54) is 0 Å². The van der Waals surface area contributed by atoms with Gasteiger partial charge in [0.15, 0.2) is 6.10 Å². The highest BCUT2D eigenvalue weighted by atomic mass is 16.6. The van der Waals surface area contributed by atoms with Crippen LogP contribution in [0.3, 0.4) is 0 Å². The van der Waals surface area contributed by atoms with Crippen molar-refractivity contribution in [1.82, 2.24) is 20.6 Å². The molecule has 3 aliphatic carbocycles. The lowest BCUT2D eigenvalue weighted by atomic mass is 9.63. The van der Waals surface area contributed by atoms with Gasteiger partial charge in [-0.05, 0) is 84.9 Å². The number of ether oxygens (including phenoxy) is 2. The topological polar surface area (TPSA) is 137 Å². The number of carboxylic acids is 1. The molecular formula is C24H26N4O6. The first-order valence-electron chi connectivity index (χ1n) is 11.5. The number of nitrogens with one attached hydrogen (secondary N) is 1. The minimum absolute atomic E-state index is 0.0209. The first-order valence-corrected chi connectivity index (χ1v) is 11.5. The maximum absolute atomic E-state index is 13.0. The van der Waals surface area contributed by atoms with Gasteiger partial charge < -0.3 is 19.9 Å². The molecule has 10 heteroatoms. The first kappa shape index (κ1) is 22.3. The van der Waals surface area contributed by atoms with Crippen molar-refractivity contribution in [3.8, 4) is 11.6 Å². The van der Waals surface area contributed by atoms with Crippen LogP contribution in [0.25, 0.3) is 11.0 Å². The van der Waals surface area contributed by atoms with Gasteiger partial charge in [0, 0.05) is 18.8 Å². The molecule has 3 aromatic rings. The maximum atomic E-state index is 13.0. The molecule has 3 saturated carbocycles. The number of carboxylic acid groups (broad SMARTS) is 1. The van der Waals surface area contributed by atoms with Crippen molar-refractivity contribution >= 4 is 22.9 Å².